The molecule has 0 heterocycles. The average molecular weight is 1200 g/mol. The van der Waals surface area contributed by atoms with E-state index in [2.05, 4.69) is 160 Å². The van der Waals surface area contributed by atoms with Gasteiger partial charge >= 0.3 is 19.8 Å². The number of phosphoric ester groups is 1. The molecule has 10 heteroatoms. The molecule has 0 spiro atoms. The van der Waals surface area contributed by atoms with E-state index in [1.807, 2.05) is 0 Å². The van der Waals surface area contributed by atoms with Gasteiger partial charge in [0.2, 0.25) is 0 Å². The molecule has 0 radical (unpaired) electrons. The van der Waals surface area contributed by atoms with Crippen LogP contribution in [0.25, 0.3) is 0 Å². The molecule has 0 aliphatic carbocycles. The molecule has 0 aliphatic heterocycles. The van der Waals surface area contributed by atoms with Crippen molar-refractivity contribution < 1.29 is 37.6 Å². The highest BCUT2D eigenvalue weighted by molar-refractivity contribution is 7.47. The number of allylic oxidation sites excluding steroid dienone is 24. The van der Waals surface area contributed by atoms with E-state index in [-0.39, 0.29) is 38.6 Å². The smallest absolute Gasteiger partial charge is 0.462 e. The molecule has 0 fully saturated rings. The number of hydrogen-bond donors (Lipinski definition) is 2. The van der Waals surface area contributed by atoms with Crippen LogP contribution in [0.5, 0.6) is 0 Å². The number of ether oxygens (including phenoxy) is 2. The third kappa shape index (κ3) is 68.9. The zero-order chi connectivity index (χ0) is 61.6. The first-order chi connectivity index (χ1) is 41.8. The Kier molecular flexibility index (Phi) is 65.7. The van der Waals surface area contributed by atoms with Crippen LogP contribution in [0.15, 0.2) is 146 Å². The normalized spacial score (nSPS) is 13.9. The molecule has 0 aliphatic rings. The molecule has 2 unspecified atom stereocenters. The van der Waals surface area contributed by atoms with Crippen molar-refractivity contribution in [3.8, 4) is 0 Å². The van der Waals surface area contributed by atoms with E-state index in [9.17, 15) is 19.0 Å². The molecule has 0 saturated carbocycles. The van der Waals surface area contributed by atoms with Crippen molar-refractivity contribution in [2.45, 2.75) is 290 Å². The van der Waals surface area contributed by atoms with Crippen LogP contribution in [0.4, 0.5) is 0 Å². The number of unbranched alkanes of at least 4 members (excludes halogenated alkanes) is 26. The fourth-order valence-electron chi connectivity index (χ4n) is 9.17. The van der Waals surface area contributed by atoms with Gasteiger partial charge in [-0.25, -0.2) is 4.57 Å². The monoisotopic (exact) mass is 1200 g/mol. The fourth-order valence-corrected chi connectivity index (χ4v) is 9.93. The molecule has 3 N–H and O–H groups in total. The Hall–Kier alpha value is -4.11. The van der Waals surface area contributed by atoms with Crippen molar-refractivity contribution in [1.29, 1.82) is 0 Å². The summed E-state index contributed by atoms with van der Waals surface area (Å²) in [6.07, 6.45) is 99.2. The van der Waals surface area contributed by atoms with Crippen LogP contribution in [-0.4, -0.2) is 49.3 Å². The number of esters is 2. The van der Waals surface area contributed by atoms with Gasteiger partial charge in [0, 0.05) is 19.4 Å². The van der Waals surface area contributed by atoms with Crippen LogP contribution in [0.1, 0.15) is 284 Å². The zero-order valence-corrected chi connectivity index (χ0v) is 55.2. The molecule has 0 aromatic heterocycles. The minimum atomic E-state index is -4.41. The summed E-state index contributed by atoms with van der Waals surface area (Å²) in [7, 11) is -4.41. The SMILES string of the molecule is CC/C=C\C/C=C\C/C=C\C/C=C\C/C=C\C/C=C\C/C=C\C/C=C\C/C=C\C/C=C\CCCCCCCCC(=O)OC(COC(=O)CCCCCCCCCCCCCCCCC/C=C\C/C=C\CCCCCCC)COP(=O)(O)OCCN. The Balaban J connectivity index is 4.00. The van der Waals surface area contributed by atoms with Crippen molar-refractivity contribution in [2.24, 2.45) is 5.73 Å². The summed E-state index contributed by atoms with van der Waals surface area (Å²) in [5, 5.41) is 0. The van der Waals surface area contributed by atoms with Gasteiger partial charge < -0.3 is 20.1 Å². The summed E-state index contributed by atoms with van der Waals surface area (Å²) in [5.74, 6) is -0.847. The maximum absolute atomic E-state index is 12.8. The van der Waals surface area contributed by atoms with Crippen molar-refractivity contribution in [1.82, 2.24) is 0 Å². The van der Waals surface area contributed by atoms with E-state index in [4.69, 9.17) is 24.3 Å². The van der Waals surface area contributed by atoms with Crippen LogP contribution in [0.2, 0.25) is 0 Å². The van der Waals surface area contributed by atoms with Gasteiger partial charge in [-0.2, -0.15) is 0 Å². The van der Waals surface area contributed by atoms with E-state index in [0.29, 0.717) is 6.42 Å². The molecule has 0 aromatic rings. The molecule has 2 atom stereocenters. The van der Waals surface area contributed by atoms with Crippen LogP contribution in [-0.2, 0) is 32.7 Å². The molecule has 0 saturated heterocycles. The van der Waals surface area contributed by atoms with Crippen LogP contribution in [0.3, 0.4) is 0 Å². The maximum atomic E-state index is 12.8. The average Bonchev–Trinajstić information content (AvgIpc) is 3.52. The molecule has 0 rings (SSSR count). The lowest BCUT2D eigenvalue weighted by Crippen LogP contribution is -2.29. The highest BCUT2D eigenvalue weighted by Gasteiger charge is 2.26. The van der Waals surface area contributed by atoms with Gasteiger partial charge in [-0.1, -0.05) is 295 Å². The van der Waals surface area contributed by atoms with Crippen LogP contribution in [0, 0.1) is 0 Å². The summed E-state index contributed by atoms with van der Waals surface area (Å²) >= 11 is 0. The topological polar surface area (TPSA) is 134 Å². The predicted molar refractivity (Wildman–Crippen MR) is 367 cm³/mol. The minimum Gasteiger partial charge on any atom is -0.462 e. The van der Waals surface area contributed by atoms with E-state index < -0.39 is 26.5 Å². The lowest BCUT2D eigenvalue weighted by Gasteiger charge is -2.19. The third-order valence-electron chi connectivity index (χ3n) is 14.2. The molecular weight excluding hydrogens is 1070 g/mol. The fraction of sp³-hybridized carbons (Fsp3) is 0.653. The number of hydrogen-bond acceptors (Lipinski definition) is 8. The number of carbonyl (C=O) groups excluding carboxylic acids is 2. The van der Waals surface area contributed by atoms with Gasteiger partial charge in [0.1, 0.15) is 6.61 Å². The number of nitrogens with two attached hydrogens (primary N) is 1. The molecule has 0 bridgehead atoms. The van der Waals surface area contributed by atoms with E-state index >= 15 is 0 Å². The largest absolute Gasteiger partial charge is 0.472 e. The second-order valence-electron chi connectivity index (χ2n) is 22.3. The lowest BCUT2D eigenvalue weighted by atomic mass is 10.0. The Morgan fingerprint density at radius 3 is 0.965 bits per heavy atom. The van der Waals surface area contributed by atoms with Crippen LogP contribution < -0.4 is 5.73 Å². The van der Waals surface area contributed by atoms with Crippen molar-refractivity contribution >= 4 is 19.8 Å². The Morgan fingerprint density at radius 1 is 0.365 bits per heavy atom. The molecule has 85 heavy (non-hydrogen) atoms. The Morgan fingerprint density at radius 2 is 0.647 bits per heavy atom. The first-order valence-corrected chi connectivity index (χ1v) is 35.8. The summed E-state index contributed by atoms with van der Waals surface area (Å²) < 4.78 is 33.1. The number of phosphoric acid groups is 1. The summed E-state index contributed by atoms with van der Waals surface area (Å²) in [5.41, 5.74) is 5.40. The van der Waals surface area contributed by atoms with Crippen molar-refractivity contribution in [3.63, 3.8) is 0 Å². The third-order valence-corrected chi connectivity index (χ3v) is 15.2. The molecular formula is C75H126NO8P. The lowest BCUT2D eigenvalue weighted by molar-refractivity contribution is -0.161. The highest BCUT2D eigenvalue weighted by atomic mass is 31.2. The highest BCUT2D eigenvalue weighted by Crippen LogP contribution is 2.43. The zero-order valence-electron chi connectivity index (χ0n) is 54.3. The second kappa shape index (κ2) is 69.0. The molecule has 484 valence electrons. The summed E-state index contributed by atoms with van der Waals surface area (Å²) in [4.78, 5) is 35.3. The van der Waals surface area contributed by atoms with Gasteiger partial charge in [-0.15, -0.1) is 0 Å². The first-order valence-electron chi connectivity index (χ1n) is 34.3. The molecule has 9 nitrogen and oxygen atoms in total. The van der Waals surface area contributed by atoms with Gasteiger partial charge in [0.15, 0.2) is 6.10 Å². The van der Waals surface area contributed by atoms with Gasteiger partial charge in [0.25, 0.3) is 0 Å². The molecule has 0 aromatic carbocycles. The first kappa shape index (κ1) is 80.9. The Bertz CT molecular complexity index is 1900. The predicted octanol–water partition coefficient (Wildman–Crippen LogP) is 22.6. The summed E-state index contributed by atoms with van der Waals surface area (Å²) in [6.45, 7) is 3.61. The van der Waals surface area contributed by atoms with E-state index in [1.165, 1.54) is 122 Å². The second-order valence-corrected chi connectivity index (χ2v) is 23.8. The van der Waals surface area contributed by atoms with Gasteiger partial charge in [-0.05, 0) is 122 Å². The quantitative estimate of drug-likeness (QED) is 0.0264. The maximum Gasteiger partial charge on any atom is 0.472 e. The van der Waals surface area contributed by atoms with Gasteiger partial charge in [-0.3, -0.25) is 18.6 Å². The van der Waals surface area contributed by atoms with E-state index in [0.717, 1.165) is 128 Å². The van der Waals surface area contributed by atoms with Crippen molar-refractivity contribution in [2.75, 3.05) is 26.4 Å². The summed E-state index contributed by atoms with van der Waals surface area (Å²) in [6, 6.07) is 0. The molecule has 0 amide bonds. The van der Waals surface area contributed by atoms with E-state index in [1.54, 1.807) is 0 Å². The number of rotatable bonds is 63. The standard InChI is InChI=1S/C75H126NO8P/c1-3-5-7-9-11-13-15-17-19-21-23-25-27-29-31-32-33-34-35-36-37-38-39-40-42-44-46-48-50-52-54-56-58-60-62-64-66-68-75(78)84-73(72-83-85(79,80)82-70-69-76)71-81-74(77)67-65-63-61-59-57-55-53-51-49-47-45-43-41-30-28-26-24-22-20-18-16-14-12-10-8-6-4-2/h5,7,11,13,16-19,22-25,29,31,33-34,36-37,39-40,44,46,50,52,73H,3-4,6,8-10,12,14-15,20-21,26-28,30,32,35,38,41-43,45,47-49,51,53-72,76H2,1-2H3,(H,79,80)/b7-5-,13-11-,18-16-,19-17-,24-22-,25-23-,31-29-,34-33-,37-36-,40-39-,46-44-,52-50-. The minimum absolute atomic E-state index is 0.0442. The number of carbonyl (C=O) groups is 2. The Labute approximate surface area is 522 Å². The van der Waals surface area contributed by atoms with Crippen LogP contribution >= 0.6 is 7.82 Å². The van der Waals surface area contributed by atoms with Gasteiger partial charge in [0.05, 0.1) is 13.2 Å². The van der Waals surface area contributed by atoms with Crippen molar-refractivity contribution in [3.05, 3.63) is 146 Å².